The average molecular weight is 283 g/mol. The van der Waals surface area contributed by atoms with Crippen LogP contribution < -0.4 is 10.1 Å². The monoisotopic (exact) mass is 283 g/mol. The molecule has 0 saturated heterocycles. The Labute approximate surface area is 121 Å². The van der Waals surface area contributed by atoms with Crippen LogP contribution in [0.2, 0.25) is 0 Å². The summed E-state index contributed by atoms with van der Waals surface area (Å²) in [6.07, 6.45) is 0. The van der Waals surface area contributed by atoms with Gasteiger partial charge in [0.15, 0.2) is 0 Å². The normalized spacial score (nSPS) is 9.71. The van der Waals surface area contributed by atoms with Gasteiger partial charge in [0.1, 0.15) is 11.8 Å². The zero-order valence-electron chi connectivity index (χ0n) is 11.4. The second kappa shape index (κ2) is 6.39. The van der Waals surface area contributed by atoms with Crippen LogP contribution in [-0.4, -0.2) is 12.0 Å². The van der Waals surface area contributed by atoms with Gasteiger partial charge in [-0.2, -0.15) is 5.26 Å². The molecule has 0 fully saturated rings. The Balaban J connectivity index is 2.29. The van der Waals surface area contributed by atoms with Gasteiger partial charge in [-0.25, -0.2) is 0 Å². The third kappa shape index (κ3) is 3.09. The fourth-order valence-corrected chi connectivity index (χ4v) is 2.00. The standard InChI is InChI=1S/C15H13N3O3/c1-21-14-8-4-6-11(9-16)15(14)17-10-12-5-2-3-7-13(12)18(19)20/h2-8,17H,10H2,1H3. The van der Waals surface area contributed by atoms with Crippen LogP contribution in [0.1, 0.15) is 11.1 Å². The fraction of sp³-hybridized carbons (Fsp3) is 0.133. The average Bonchev–Trinajstić information content (AvgIpc) is 2.52. The van der Waals surface area contributed by atoms with Gasteiger partial charge in [-0.05, 0) is 12.1 Å². The van der Waals surface area contributed by atoms with E-state index in [1.54, 1.807) is 36.4 Å². The van der Waals surface area contributed by atoms with E-state index in [0.29, 0.717) is 22.6 Å². The highest BCUT2D eigenvalue weighted by Gasteiger charge is 2.14. The van der Waals surface area contributed by atoms with Crippen LogP contribution in [-0.2, 0) is 6.54 Å². The van der Waals surface area contributed by atoms with Crippen molar-refractivity contribution in [1.82, 2.24) is 0 Å². The maximum absolute atomic E-state index is 11.0. The second-order valence-electron chi connectivity index (χ2n) is 4.23. The van der Waals surface area contributed by atoms with E-state index in [-0.39, 0.29) is 12.2 Å². The van der Waals surface area contributed by atoms with Crippen LogP contribution in [0.15, 0.2) is 42.5 Å². The lowest BCUT2D eigenvalue weighted by atomic mass is 10.1. The van der Waals surface area contributed by atoms with Crippen LogP contribution >= 0.6 is 0 Å². The van der Waals surface area contributed by atoms with Crippen molar-refractivity contribution in [3.05, 3.63) is 63.7 Å². The van der Waals surface area contributed by atoms with Crippen molar-refractivity contribution in [3.63, 3.8) is 0 Å². The Bertz CT molecular complexity index is 708. The van der Waals surface area contributed by atoms with Gasteiger partial charge in [0.2, 0.25) is 0 Å². The molecule has 0 saturated carbocycles. The molecule has 21 heavy (non-hydrogen) atoms. The van der Waals surface area contributed by atoms with Crippen molar-refractivity contribution in [1.29, 1.82) is 5.26 Å². The Morgan fingerprint density at radius 2 is 2.05 bits per heavy atom. The van der Waals surface area contributed by atoms with Gasteiger partial charge in [-0.15, -0.1) is 0 Å². The number of nitro groups is 1. The number of para-hydroxylation sites is 2. The number of nitro benzene ring substituents is 1. The summed E-state index contributed by atoms with van der Waals surface area (Å²) in [5.41, 5.74) is 1.53. The molecule has 1 N–H and O–H groups in total. The molecule has 0 radical (unpaired) electrons. The highest BCUT2D eigenvalue weighted by Crippen LogP contribution is 2.29. The first kappa shape index (κ1) is 14.3. The van der Waals surface area contributed by atoms with Crippen LogP contribution in [0.25, 0.3) is 0 Å². The summed E-state index contributed by atoms with van der Waals surface area (Å²) < 4.78 is 5.21. The predicted molar refractivity (Wildman–Crippen MR) is 78.1 cm³/mol. The molecule has 0 bridgehead atoms. The molecule has 2 rings (SSSR count). The highest BCUT2D eigenvalue weighted by atomic mass is 16.6. The molecule has 0 aliphatic heterocycles. The first-order chi connectivity index (χ1) is 10.2. The minimum atomic E-state index is -0.426. The first-order valence-corrected chi connectivity index (χ1v) is 6.20. The van der Waals surface area contributed by atoms with Crippen molar-refractivity contribution in [3.8, 4) is 11.8 Å². The number of ether oxygens (including phenoxy) is 1. The maximum Gasteiger partial charge on any atom is 0.274 e. The molecule has 0 spiro atoms. The van der Waals surface area contributed by atoms with Gasteiger partial charge in [-0.3, -0.25) is 10.1 Å². The molecule has 106 valence electrons. The molecular weight excluding hydrogens is 270 g/mol. The van der Waals surface area contributed by atoms with Gasteiger partial charge in [0.05, 0.1) is 23.3 Å². The summed E-state index contributed by atoms with van der Waals surface area (Å²) >= 11 is 0. The minimum Gasteiger partial charge on any atom is -0.495 e. The van der Waals surface area contributed by atoms with Crippen LogP contribution in [0, 0.1) is 21.4 Å². The summed E-state index contributed by atoms with van der Waals surface area (Å²) in [5.74, 6) is 0.521. The summed E-state index contributed by atoms with van der Waals surface area (Å²) in [4.78, 5) is 10.6. The Morgan fingerprint density at radius 1 is 1.29 bits per heavy atom. The molecule has 0 atom stereocenters. The number of benzene rings is 2. The lowest BCUT2D eigenvalue weighted by molar-refractivity contribution is -0.385. The van der Waals surface area contributed by atoms with Crippen molar-refractivity contribution >= 4 is 11.4 Å². The van der Waals surface area contributed by atoms with E-state index in [1.807, 2.05) is 0 Å². The van der Waals surface area contributed by atoms with Gasteiger partial charge in [0, 0.05) is 18.2 Å². The third-order valence-corrected chi connectivity index (χ3v) is 3.01. The Kier molecular flexibility index (Phi) is 4.36. The summed E-state index contributed by atoms with van der Waals surface area (Å²) in [5, 5.41) is 23.1. The maximum atomic E-state index is 11.0. The number of nitrogens with one attached hydrogen (secondary N) is 1. The number of hydrogen-bond acceptors (Lipinski definition) is 5. The molecule has 2 aromatic carbocycles. The van der Waals surface area contributed by atoms with Gasteiger partial charge < -0.3 is 10.1 Å². The summed E-state index contributed by atoms with van der Waals surface area (Å²) in [7, 11) is 1.51. The zero-order chi connectivity index (χ0) is 15.2. The molecule has 0 aliphatic carbocycles. The quantitative estimate of drug-likeness (QED) is 0.673. The number of nitriles is 1. The molecule has 0 amide bonds. The van der Waals surface area contributed by atoms with E-state index < -0.39 is 4.92 Å². The van der Waals surface area contributed by atoms with Crippen molar-refractivity contribution in [2.24, 2.45) is 0 Å². The van der Waals surface area contributed by atoms with Gasteiger partial charge in [0.25, 0.3) is 5.69 Å². The van der Waals surface area contributed by atoms with E-state index in [9.17, 15) is 10.1 Å². The van der Waals surface area contributed by atoms with E-state index in [1.165, 1.54) is 13.2 Å². The number of methoxy groups -OCH3 is 1. The largest absolute Gasteiger partial charge is 0.495 e. The Morgan fingerprint density at radius 3 is 2.71 bits per heavy atom. The van der Waals surface area contributed by atoms with Crippen molar-refractivity contribution in [2.45, 2.75) is 6.54 Å². The molecule has 0 unspecified atom stereocenters. The van der Waals surface area contributed by atoms with E-state index in [0.717, 1.165) is 0 Å². The fourth-order valence-electron chi connectivity index (χ4n) is 2.00. The van der Waals surface area contributed by atoms with Crippen LogP contribution in [0.4, 0.5) is 11.4 Å². The smallest absolute Gasteiger partial charge is 0.274 e. The van der Waals surface area contributed by atoms with Crippen molar-refractivity contribution < 1.29 is 9.66 Å². The SMILES string of the molecule is COc1cccc(C#N)c1NCc1ccccc1[N+](=O)[O-]. The number of rotatable bonds is 5. The van der Waals surface area contributed by atoms with Crippen LogP contribution in [0.5, 0.6) is 5.75 Å². The highest BCUT2D eigenvalue weighted by molar-refractivity contribution is 5.66. The number of anilines is 1. The molecule has 6 nitrogen and oxygen atoms in total. The first-order valence-electron chi connectivity index (χ1n) is 6.20. The third-order valence-electron chi connectivity index (χ3n) is 3.01. The predicted octanol–water partition coefficient (Wildman–Crippen LogP) is 3.09. The van der Waals surface area contributed by atoms with Gasteiger partial charge >= 0.3 is 0 Å². The molecule has 2 aromatic rings. The number of nitrogens with zero attached hydrogens (tertiary/aromatic N) is 2. The lowest BCUT2D eigenvalue weighted by Crippen LogP contribution is -2.05. The van der Waals surface area contributed by atoms with Gasteiger partial charge in [-0.1, -0.05) is 24.3 Å². The minimum absolute atomic E-state index is 0.0402. The van der Waals surface area contributed by atoms with Crippen molar-refractivity contribution in [2.75, 3.05) is 12.4 Å². The summed E-state index contributed by atoms with van der Waals surface area (Å²) in [6, 6.07) is 13.6. The molecule has 6 heteroatoms. The molecule has 0 heterocycles. The molecule has 0 aliphatic rings. The number of hydrogen-bond donors (Lipinski definition) is 1. The summed E-state index contributed by atoms with van der Waals surface area (Å²) in [6.45, 7) is 0.228. The lowest BCUT2D eigenvalue weighted by Gasteiger charge is -2.12. The Hall–Kier alpha value is -3.07. The van der Waals surface area contributed by atoms with E-state index in [4.69, 9.17) is 10.00 Å². The zero-order valence-corrected chi connectivity index (χ0v) is 11.4. The second-order valence-corrected chi connectivity index (χ2v) is 4.23. The van der Waals surface area contributed by atoms with E-state index in [2.05, 4.69) is 11.4 Å². The topological polar surface area (TPSA) is 88.2 Å². The van der Waals surface area contributed by atoms with Crippen LogP contribution in [0.3, 0.4) is 0 Å². The molecule has 0 aromatic heterocycles. The molecular formula is C15H13N3O3. The van der Waals surface area contributed by atoms with E-state index >= 15 is 0 Å².